The van der Waals surface area contributed by atoms with Gasteiger partial charge in [-0.15, -0.1) is 15.3 Å². The minimum absolute atomic E-state index is 0.303. The molecule has 3 aromatic rings. The first-order chi connectivity index (χ1) is 14.5. The lowest BCUT2D eigenvalue weighted by Gasteiger charge is -2.23. The van der Waals surface area contributed by atoms with Crippen molar-refractivity contribution in [3.8, 4) is 17.1 Å². The van der Waals surface area contributed by atoms with Gasteiger partial charge in [0.05, 0.1) is 36.2 Å². The van der Waals surface area contributed by atoms with Crippen molar-refractivity contribution in [3.05, 3.63) is 29.3 Å². The minimum Gasteiger partial charge on any atom is -0.489 e. The van der Waals surface area contributed by atoms with E-state index in [-0.39, 0.29) is 0 Å². The third-order valence-electron chi connectivity index (χ3n) is 5.42. The number of nitrogens with zero attached hydrogens (tertiary/aromatic N) is 8. The third kappa shape index (κ3) is 4.66. The van der Waals surface area contributed by atoms with Crippen LogP contribution in [0.25, 0.3) is 11.4 Å². The molecule has 160 valence electrons. The average molecular weight is 411 g/mol. The Balaban J connectivity index is 1.53. The average Bonchev–Trinajstić information content (AvgIpc) is 3.31. The zero-order valence-electron chi connectivity index (χ0n) is 18.2. The first-order valence-corrected chi connectivity index (χ1v) is 10.8. The normalized spacial score (nSPS) is 15.1. The van der Waals surface area contributed by atoms with Crippen LogP contribution in [0.1, 0.15) is 63.2 Å². The van der Waals surface area contributed by atoms with Crippen molar-refractivity contribution in [1.82, 2.24) is 40.2 Å². The minimum atomic E-state index is 0.303. The molecule has 4 rings (SSSR count). The number of rotatable bonds is 7. The molecule has 0 atom stereocenters. The van der Waals surface area contributed by atoms with Crippen LogP contribution in [-0.4, -0.2) is 46.3 Å². The molecule has 0 saturated heterocycles. The summed E-state index contributed by atoms with van der Waals surface area (Å²) in [5.74, 6) is 1.97. The lowest BCUT2D eigenvalue weighted by atomic mass is 9.98. The fourth-order valence-electron chi connectivity index (χ4n) is 3.84. The molecule has 1 saturated carbocycles. The van der Waals surface area contributed by atoms with Crippen LogP contribution in [0.15, 0.2) is 12.1 Å². The van der Waals surface area contributed by atoms with Crippen LogP contribution in [0.4, 0.5) is 0 Å². The number of tetrazole rings is 1. The van der Waals surface area contributed by atoms with E-state index in [1.165, 1.54) is 19.3 Å². The zero-order chi connectivity index (χ0) is 21.1. The molecule has 0 N–H and O–H groups in total. The lowest BCUT2D eigenvalue weighted by Crippen LogP contribution is -2.20. The van der Waals surface area contributed by atoms with Crippen molar-refractivity contribution < 1.29 is 4.74 Å². The van der Waals surface area contributed by atoms with E-state index in [1.807, 2.05) is 26.1 Å². The van der Waals surface area contributed by atoms with Gasteiger partial charge in [0, 0.05) is 7.05 Å². The Hall–Kier alpha value is -2.84. The number of ether oxygens (including phenoxy) is 1. The number of pyridine rings is 1. The quantitative estimate of drug-likeness (QED) is 0.590. The molecule has 1 aliphatic carbocycles. The van der Waals surface area contributed by atoms with E-state index in [4.69, 9.17) is 9.72 Å². The van der Waals surface area contributed by atoms with Gasteiger partial charge >= 0.3 is 0 Å². The molecular formula is C21H30N8O. The number of aromatic nitrogens is 8. The van der Waals surface area contributed by atoms with Gasteiger partial charge in [0.1, 0.15) is 11.4 Å². The second-order valence-electron chi connectivity index (χ2n) is 8.50. The van der Waals surface area contributed by atoms with Crippen molar-refractivity contribution in [2.75, 3.05) is 0 Å². The van der Waals surface area contributed by atoms with Crippen molar-refractivity contribution in [1.29, 1.82) is 0 Å². The van der Waals surface area contributed by atoms with Crippen LogP contribution in [0.2, 0.25) is 0 Å². The molecule has 1 fully saturated rings. The fraction of sp³-hybridized carbons (Fsp3) is 0.619. The molecular weight excluding hydrogens is 380 g/mol. The summed E-state index contributed by atoms with van der Waals surface area (Å²) in [5.41, 5.74) is 3.30. The number of hydrogen-bond acceptors (Lipinski definition) is 7. The summed E-state index contributed by atoms with van der Waals surface area (Å²) in [7, 11) is 1.87. The van der Waals surface area contributed by atoms with Gasteiger partial charge in [-0.1, -0.05) is 25.5 Å². The van der Waals surface area contributed by atoms with E-state index < -0.39 is 0 Å². The molecule has 0 aromatic carbocycles. The largest absolute Gasteiger partial charge is 0.489 e. The van der Waals surface area contributed by atoms with Gasteiger partial charge in [0.15, 0.2) is 5.82 Å². The van der Waals surface area contributed by atoms with Crippen LogP contribution in [0.5, 0.6) is 5.75 Å². The summed E-state index contributed by atoms with van der Waals surface area (Å²) in [4.78, 5) is 6.41. The maximum absolute atomic E-state index is 6.21. The molecule has 3 heterocycles. The molecule has 0 amide bonds. The molecule has 3 aromatic heterocycles. The van der Waals surface area contributed by atoms with Gasteiger partial charge < -0.3 is 4.74 Å². The second kappa shape index (κ2) is 8.89. The van der Waals surface area contributed by atoms with E-state index in [0.29, 0.717) is 24.3 Å². The highest BCUT2D eigenvalue weighted by atomic mass is 16.5. The molecule has 0 spiro atoms. The van der Waals surface area contributed by atoms with Gasteiger partial charge in [-0.25, -0.2) is 4.98 Å². The molecule has 0 bridgehead atoms. The van der Waals surface area contributed by atoms with Crippen molar-refractivity contribution >= 4 is 0 Å². The maximum Gasteiger partial charge on any atom is 0.180 e. The Morgan fingerprint density at radius 2 is 1.90 bits per heavy atom. The Kier molecular flexibility index (Phi) is 6.06. The van der Waals surface area contributed by atoms with Crippen molar-refractivity contribution in [2.24, 2.45) is 13.0 Å². The number of hydrogen-bond donors (Lipinski definition) is 0. The zero-order valence-corrected chi connectivity index (χ0v) is 18.2. The van der Waals surface area contributed by atoms with E-state index >= 15 is 0 Å². The monoisotopic (exact) mass is 410 g/mol. The first-order valence-electron chi connectivity index (χ1n) is 10.8. The van der Waals surface area contributed by atoms with E-state index in [1.54, 1.807) is 9.48 Å². The topological polar surface area (TPSA) is 96.4 Å². The Bertz CT molecular complexity index is 987. The van der Waals surface area contributed by atoms with E-state index in [0.717, 1.165) is 47.9 Å². The van der Waals surface area contributed by atoms with Crippen molar-refractivity contribution in [2.45, 2.75) is 71.9 Å². The third-order valence-corrected chi connectivity index (χ3v) is 5.42. The fourth-order valence-corrected chi connectivity index (χ4v) is 3.84. The second-order valence-corrected chi connectivity index (χ2v) is 8.50. The van der Waals surface area contributed by atoms with Gasteiger partial charge in [-0.05, 0) is 55.9 Å². The molecule has 1 aliphatic rings. The SMILES string of the molecule is Cc1nc(-c2nnn(C)c2Cc2nnn(CC(C)C)n2)ccc1OC1CCCCC1. The molecule has 0 aliphatic heterocycles. The van der Waals surface area contributed by atoms with Crippen LogP contribution >= 0.6 is 0 Å². The van der Waals surface area contributed by atoms with Gasteiger partial charge in [0.2, 0.25) is 0 Å². The Morgan fingerprint density at radius 1 is 1.10 bits per heavy atom. The molecule has 9 nitrogen and oxygen atoms in total. The highest BCUT2D eigenvalue weighted by Gasteiger charge is 2.20. The standard InChI is InChI=1S/C21H30N8O/c1-14(2)13-29-25-20(23-27-29)12-18-21(24-26-28(18)4)17-10-11-19(15(3)22-17)30-16-8-6-5-7-9-16/h10-11,14,16H,5-9,12-13H2,1-4H3. The summed E-state index contributed by atoms with van der Waals surface area (Å²) < 4.78 is 7.96. The summed E-state index contributed by atoms with van der Waals surface area (Å²) in [6.07, 6.45) is 6.85. The van der Waals surface area contributed by atoms with Gasteiger partial charge in [0.25, 0.3) is 0 Å². The van der Waals surface area contributed by atoms with E-state index in [2.05, 4.69) is 39.6 Å². The Morgan fingerprint density at radius 3 is 2.63 bits per heavy atom. The summed E-state index contributed by atoms with van der Waals surface area (Å²) in [6, 6.07) is 3.96. The smallest absolute Gasteiger partial charge is 0.180 e. The maximum atomic E-state index is 6.21. The van der Waals surface area contributed by atoms with E-state index in [9.17, 15) is 0 Å². The highest BCUT2D eigenvalue weighted by Crippen LogP contribution is 2.28. The van der Waals surface area contributed by atoms with Crippen LogP contribution in [-0.2, 0) is 20.0 Å². The molecule has 30 heavy (non-hydrogen) atoms. The summed E-state index contributed by atoms with van der Waals surface area (Å²) in [6.45, 7) is 6.98. The lowest BCUT2D eigenvalue weighted by molar-refractivity contribution is 0.153. The van der Waals surface area contributed by atoms with Gasteiger partial charge in [-0.2, -0.15) is 4.80 Å². The predicted octanol–water partition coefficient (Wildman–Crippen LogP) is 3.13. The Labute approximate surface area is 176 Å². The first kappa shape index (κ1) is 20.4. The van der Waals surface area contributed by atoms with Crippen LogP contribution < -0.4 is 4.74 Å². The summed E-state index contributed by atoms with van der Waals surface area (Å²) in [5, 5.41) is 21.4. The van der Waals surface area contributed by atoms with Gasteiger partial charge in [-0.3, -0.25) is 4.68 Å². The summed E-state index contributed by atoms with van der Waals surface area (Å²) >= 11 is 0. The highest BCUT2D eigenvalue weighted by molar-refractivity contribution is 5.58. The van der Waals surface area contributed by atoms with Crippen molar-refractivity contribution in [3.63, 3.8) is 0 Å². The predicted molar refractivity (Wildman–Crippen MR) is 112 cm³/mol. The van der Waals surface area contributed by atoms with Crippen LogP contribution in [0.3, 0.4) is 0 Å². The molecule has 0 radical (unpaired) electrons. The molecule has 0 unspecified atom stereocenters. The van der Waals surface area contributed by atoms with Crippen LogP contribution in [0, 0.1) is 12.8 Å². The number of aryl methyl sites for hydroxylation is 2. The molecule has 9 heteroatoms.